The summed E-state index contributed by atoms with van der Waals surface area (Å²) in [5, 5.41) is 0.554. The molecule has 0 atom stereocenters. The molecular weight excluding hydrogens is 178 g/mol. The van der Waals surface area contributed by atoms with Crippen LogP contribution >= 0.6 is 0 Å². The average Bonchev–Trinajstić information content (AvgIpc) is 2.12. The molecule has 3 nitrogen and oxygen atoms in total. The second-order valence-electron chi connectivity index (χ2n) is 3.42. The van der Waals surface area contributed by atoms with E-state index >= 15 is 0 Å². The molecule has 1 heterocycles. The van der Waals surface area contributed by atoms with Gasteiger partial charge in [0.15, 0.2) is 5.89 Å². The Kier molecular flexibility index (Phi) is 1.88. The van der Waals surface area contributed by atoms with Gasteiger partial charge in [0.25, 0.3) is 0 Å². The highest BCUT2D eigenvalue weighted by atomic mass is 16.4. The van der Waals surface area contributed by atoms with Gasteiger partial charge in [0.05, 0.1) is 10.9 Å². The molecule has 0 bridgehead atoms. The summed E-state index contributed by atoms with van der Waals surface area (Å²) < 4.78 is 4.92. The van der Waals surface area contributed by atoms with Gasteiger partial charge in [-0.2, -0.15) is 0 Å². The SMILES string of the molecule is Cc1nc2c(C)c(C)ccc2c(=O)o1. The maximum Gasteiger partial charge on any atom is 0.346 e. The van der Waals surface area contributed by atoms with Crippen molar-refractivity contribution in [1.82, 2.24) is 4.98 Å². The van der Waals surface area contributed by atoms with Crippen molar-refractivity contribution in [3.05, 3.63) is 39.6 Å². The van der Waals surface area contributed by atoms with Crippen LogP contribution in [0.2, 0.25) is 0 Å². The minimum Gasteiger partial charge on any atom is -0.408 e. The second-order valence-corrected chi connectivity index (χ2v) is 3.42. The van der Waals surface area contributed by atoms with Gasteiger partial charge in [-0.25, -0.2) is 9.78 Å². The first-order chi connectivity index (χ1) is 6.59. The molecule has 2 rings (SSSR count). The summed E-state index contributed by atoms with van der Waals surface area (Å²) in [6.07, 6.45) is 0. The highest BCUT2D eigenvalue weighted by Crippen LogP contribution is 2.16. The molecule has 0 N–H and O–H groups in total. The quantitative estimate of drug-likeness (QED) is 0.637. The topological polar surface area (TPSA) is 43.1 Å². The Morgan fingerprint density at radius 2 is 1.93 bits per heavy atom. The van der Waals surface area contributed by atoms with E-state index in [9.17, 15) is 4.79 Å². The van der Waals surface area contributed by atoms with Crippen molar-refractivity contribution in [2.24, 2.45) is 0 Å². The van der Waals surface area contributed by atoms with Gasteiger partial charge < -0.3 is 4.42 Å². The van der Waals surface area contributed by atoms with Crippen LogP contribution in [0.4, 0.5) is 0 Å². The van der Waals surface area contributed by atoms with E-state index in [4.69, 9.17) is 4.42 Å². The van der Waals surface area contributed by atoms with Gasteiger partial charge >= 0.3 is 5.63 Å². The van der Waals surface area contributed by atoms with E-state index in [1.807, 2.05) is 19.9 Å². The summed E-state index contributed by atoms with van der Waals surface area (Å²) in [5.74, 6) is 0.413. The molecule has 1 aromatic carbocycles. The first-order valence-corrected chi connectivity index (χ1v) is 4.47. The van der Waals surface area contributed by atoms with Crippen molar-refractivity contribution in [3.8, 4) is 0 Å². The number of aryl methyl sites for hydroxylation is 3. The maximum absolute atomic E-state index is 11.5. The monoisotopic (exact) mass is 189 g/mol. The van der Waals surface area contributed by atoms with E-state index in [1.165, 1.54) is 0 Å². The molecule has 0 radical (unpaired) electrons. The number of nitrogens with zero attached hydrogens (tertiary/aromatic N) is 1. The highest BCUT2D eigenvalue weighted by Gasteiger charge is 2.06. The van der Waals surface area contributed by atoms with Gasteiger partial charge in [-0.3, -0.25) is 0 Å². The molecule has 0 saturated carbocycles. The van der Waals surface area contributed by atoms with Crippen LogP contribution in [0.1, 0.15) is 17.0 Å². The molecule has 0 fully saturated rings. The van der Waals surface area contributed by atoms with Crippen LogP contribution in [0.15, 0.2) is 21.3 Å². The van der Waals surface area contributed by atoms with E-state index in [2.05, 4.69) is 4.98 Å². The summed E-state index contributed by atoms with van der Waals surface area (Å²) >= 11 is 0. The Morgan fingerprint density at radius 3 is 2.64 bits per heavy atom. The molecule has 3 heteroatoms. The van der Waals surface area contributed by atoms with Crippen molar-refractivity contribution in [3.63, 3.8) is 0 Å². The van der Waals surface area contributed by atoms with Gasteiger partial charge in [0, 0.05) is 6.92 Å². The molecule has 14 heavy (non-hydrogen) atoms. The lowest BCUT2D eigenvalue weighted by Gasteiger charge is -2.03. The molecular formula is C11H11NO2. The van der Waals surface area contributed by atoms with Crippen LogP contribution in [-0.4, -0.2) is 4.98 Å². The van der Waals surface area contributed by atoms with Crippen molar-refractivity contribution in [2.45, 2.75) is 20.8 Å². The molecule has 0 spiro atoms. The molecule has 0 unspecified atom stereocenters. The van der Waals surface area contributed by atoms with Crippen LogP contribution in [0.3, 0.4) is 0 Å². The second kappa shape index (κ2) is 2.94. The predicted molar refractivity (Wildman–Crippen MR) is 54.5 cm³/mol. The standard InChI is InChI=1S/C11H11NO2/c1-6-4-5-9-10(7(6)2)12-8(3)14-11(9)13/h4-5H,1-3H3. The molecule has 0 aliphatic rings. The molecule has 0 amide bonds. The zero-order valence-corrected chi connectivity index (χ0v) is 8.42. The predicted octanol–water partition coefficient (Wildman–Crippen LogP) is 2.11. The molecule has 0 aliphatic carbocycles. The van der Waals surface area contributed by atoms with E-state index in [1.54, 1.807) is 13.0 Å². The first-order valence-electron chi connectivity index (χ1n) is 4.47. The van der Waals surface area contributed by atoms with Crippen LogP contribution in [0.25, 0.3) is 10.9 Å². The number of benzene rings is 1. The Labute approximate surface area is 81.4 Å². The fraction of sp³-hybridized carbons (Fsp3) is 0.273. The van der Waals surface area contributed by atoms with Gasteiger partial charge in [0.1, 0.15) is 0 Å². The van der Waals surface area contributed by atoms with Crippen LogP contribution < -0.4 is 5.63 Å². The largest absolute Gasteiger partial charge is 0.408 e. The normalized spacial score (nSPS) is 10.8. The van der Waals surface area contributed by atoms with Crippen molar-refractivity contribution in [2.75, 3.05) is 0 Å². The number of aromatic nitrogens is 1. The fourth-order valence-electron chi connectivity index (χ4n) is 1.48. The molecule has 2 aromatic rings. The smallest absolute Gasteiger partial charge is 0.346 e. The van der Waals surface area contributed by atoms with Gasteiger partial charge in [-0.1, -0.05) is 6.07 Å². The third-order valence-corrected chi connectivity index (χ3v) is 2.43. The van der Waals surface area contributed by atoms with Gasteiger partial charge in [-0.05, 0) is 31.0 Å². The average molecular weight is 189 g/mol. The van der Waals surface area contributed by atoms with Gasteiger partial charge in [0.2, 0.25) is 0 Å². The lowest BCUT2D eigenvalue weighted by atomic mass is 10.1. The van der Waals surface area contributed by atoms with Crippen LogP contribution in [0, 0.1) is 20.8 Å². The number of fused-ring (bicyclic) bond motifs is 1. The van der Waals surface area contributed by atoms with Crippen LogP contribution in [0.5, 0.6) is 0 Å². The minimum atomic E-state index is -0.310. The van der Waals surface area contributed by atoms with Crippen LogP contribution in [-0.2, 0) is 0 Å². The summed E-state index contributed by atoms with van der Waals surface area (Å²) in [5.41, 5.74) is 2.61. The Hall–Kier alpha value is -1.64. The summed E-state index contributed by atoms with van der Waals surface area (Å²) in [4.78, 5) is 15.7. The Morgan fingerprint density at radius 1 is 1.21 bits per heavy atom. The van der Waals surface area contributed by atoms with E-state index in [-0.39, 0.29) is 5.63 Å². The lowest BCUT2D eigenvalue weighted by Crippen LogP contribution is -2.04. The molecule has 1 aromatic heterocycles. The number of rotatable bonds is 0. The van der Waals surface area contributed by atoms with E-state index < -0.39 is 0 Å². The third-order valence-electron chi connectivity index (χ3n) is 2.43. The molecule has 0 aliphatic heterocycles. The maximum atomic E-state index is 11.5. The fourth-order valence-corrected chi connectivity index (χ4v) is 1.48. The lowest BCUT2D eigenvalue weighted by molar-refractivity contribution is 0.467. The summed E-state index contributed by atoms with van der Waals surface area (Å²) in [6, 6.07) is 3.67. The Balaban J connectivity index is 3.03. The third kappa shape index (κ3) is 1.21. The number of hydrogen-bond donors (Lipinski definition) is 0. The van der Waals surface area contributed by atoms with E-state index in [0.717, 1.165) is 16.6 Å². The zero-order chi connectivity index (χ0) is 10.3. The van der Waals surface area contributed by atoms with E-state index in [0.29, 0.717) is 11.3 Å². The Bertz CT molecular complexity index is 555. The first kappa shape index (κ1) is 8.94. The highest BCUT2D eigenvalue weighted by molar-refractivity contribution is 5.81. The molecule has 72 valence electrons. The van der Waals surface area contributed by atoms with Crippen molar-refractivity contribution in [1.29, 1.82) is 0 Å². The zero-order valence-electron chi connectivity index (χ0n) is 8.42. The van der Waals surface area contributed by atoms with Crippen molar-refractivity contribution >= 4 is 10.9 Å². The number of hydrogen-bond acceptors (Lipinski definition) is 3. The van der Waals surface area contributed by atoms with Gasteiger partial charge in [-0.15, -0.1) is 0 Å². The molecule has 0 saturated heterocycles. The minimum absolute atomic E-state index is 0.310. The van der Waals surface area contributed by atoms with Crippen molar-refractivity contribution < 1.29 is 4.42 Å². The summed E-state index contributed by atoms with van der Waals surface area (Å²) in [7, 11) is 0. The summed E-state index contributed by atoms with van der Waals surface area (Å²) in [6.45, 7) is 5.65.